The zero-order chi connectivity index (χ0) is 23.2. The quantitative estimate of drug-likeness (QED) is 0.509. The number of benzene rings is 1. The first kappa shape index (κ1) is 21.6. The molecule has 0 unspecified atom stereocenters. The molecule has 33 heavy (non-hydrogen) atoms. The van der Waals surface area contributed by atoms with Crippen molar-refractivity contribution in [2.24, 2.45) is 0 Å². The van der Waals surface area contributed by atoms with Crippen LogP contribution in [0.2, 0.25) is 0 Å². The van der Waals surface area contributed by atoms with Gasteiger partial charge >= 0.3 is 11.9 Å². The van der Waals surface area contributed by atoms with Crippen LogP contribution in [-0.2, 0) is 11.3 Å². The van der Waals surface area contributed by atoms with Crippen LogP contribution in [0.15, 0.2) is 48.9 Å². The summed E-state index contributed by atoms with van der Waals surface area (Å²) in [6.45, 7) is 0.937. The second-order valence-electron chi connectivity index (χ2n) is 7.14. The van der Waals surface area contributed by atoms with Gasteiger partial charge in [-0.05, 0) is 29.8 Å². The molecule has 3 heterocycles. The standard InChI is InChI=1S/C23H20N6O4/c1-33-18-4-3-16-14-29(22(31)19(16)11-18)9-8-25-23(32)27-21(30)5-2-15-10-17(13-24-12-15)20-6-7-26-28-20/h3-4,6-7,10-13H,8-9,14H2,1H3,(H,26,28)(H2,25,27,30,32). The number of nitrogens with zero attached hydrogens (tertiary/aromatic N) is 3. The van der Waals surface area contributed by atoms with Crippen molar-refractivity contribution in [2.75, 3.05) is 20.2 Å². The van der Waals surface area contributed by atoms with Crippen LogP contribution < -0.4 is 15.4 Å². The zero-order valence-electron chi connectivity index (χ0n) is 17.7. The van der Waals surface area contributed by atoms with E-state index in [9.17, 15) is 14.4 Å². The molecule has 4 amide bonds. The normalized spacial score (nSPS) is 11.9. The first-order valence-electron chi connectivity index (χ1n) is 10.1. The average Bonchev–Trinajstić information content (AvgIpc) is 3.47. The summed E-state index contributed by atoms with van der Waals surface area (Å²) in [7, 11) is 1.54. The molecule has 0 fully saturated rings. The van der Waals surface area contributed by atoms with E-state index in [0.29, 0.717) is 30.0 Å². The van der Waals surface area contributed by atoms with Gasteiger partial charge in [0, 0.05) is 60.8 Å². The molecule has 2 aromatic heterocycles. The van der Waals surface area contributed by atoms with E-state index in [-0.39, 0.29) is 12.5 Å². The Hall–Kier alpha value is -4.65. The second-order valence-corrected chi connectivity index (χ2v) is 7.14. The summed E-state index contributed by atoms with van der Waals surface area (Å²) in [6, 6.07) is 8.21. The van der Waals surface area contributed by atoms with Gasteiger partial charge in [0.2, 0.25) is 0 Å². The number of fused-ring (bicyclic) bond motifs is 1. The second kappa shape index (κ2) is 9.65. The van der Waals surface area contributed by atoms with E-state index in [1.807, 2.05) is 6.07 Å². The van der Waals surface area contributed by atoms with E-state index in [2.05, 4.69) is 37.7 Å². The first-order valence-corrected chi connectivity index (χ1v) is 10.1. The molecule has 10 heteroatoms. The lowest BCUT2D eigenvalue weighted by atomic mass is 10.1. The summed E-state index contributed by atoms with van der Waals surface area (Å²) < 4.78 is 5.16. The number of aromatic nitrogens is 3. The maximum Gasteiger partial charge on any atom is 0.322 e. The predicted octanol–water partition coefficient (Wildman–Crippen LogP) is 1.31. The number of aromatic amines is 1. The number of urea groups is 1. The Balaban J connectivity index is 1.24. The number of hydrogen-bond acceptors (Lipinski definition) is 6. The Labute approximate surface area is 189 Å². The zero-order valence-corrected chi connectivity index (χ0v) is 17.7. The van der Waals surface area contributed by atoms with Crippen molar-refractivity contribution < 1.29 is 19.1 Å². The lowest BCUT2D eigenvalue weighted by Gasteiger charge is -2.15. The van der Waals surface area contributed by atoms with Crippen molar-refractivity contribution in [1.29, 1.82) is 0 Å². The van der Waals surface area contributed by atoms with Crippen LogP contribution in [-0.4, -0.2) is 58.1 Å². The molecule has 0 saturated heterocycles. The lowest BCUT2D eigenvalue weighted by Crippen LogP contribution is -2.42. The van der Waals surface area contributed by atoms with Gasteiger partial charge < -0.3 is 15.0 Å². The number of H-pyrrole nitrogens is 1. The number of carbonyl (C=O) groups excluding carboxylic acids is 3. The molecule has 0 saturated carbocycles. The van der Waals surface area contributed by atoms with E-state index >= 15 is 0 Å². The Morgan fingerprint density at radius 1 is 1.24 bits per heavy atom. The summed E-state index contributed by atoms with van der Waals surface area (Å²) in [5, 5.41) is 11.4. The van der Waals surface area contributed by atoms with Gasteiger partial charge in [0.05, 0.1) is 12.8 Å². The fourth-order valence-electron chi connectivity index (χ4n) is 3.33. The number of hydrogen-bond donors (Lipinski definition) is 3. The molecule has 3 aromatic rings. The van der Waals surface area contributed by atoms with Crippen LogP contribution >= 0.6 is 0 Å². The molecule has 0 bridgehead atoms. The molecule has 0 spiro atoms. The van der Waals surface area contributed by atoms with Crippen LogP contribution in [0.4, 0.5) is 4.79 Å². The highest BCUT2D eigenvalue weighted by molar-refractivity contribution is 6.04. The highest BCUT2D eigenvalue weighted by Gasteiger charge is 2.27. The fraction of sp³-hybridized carbons (Fsp3) is 0.174. The number of rotatable bonds is 5. The number of imide groups is 1. The third-order valence-electron chi connectivity index (χ3n) is 4.96. The molecule has 10 nitrogen and oxygen atoms in total. The number of pyridine rings is 1. The summed E-state index contributed by atoms with van der Waals surface area (Å²) in [6.07, 6.45) is 4.78. The minimum atomic E-state index is -0.754. The van der Waals surface area contributed by atoms with Gasteiger partial charge in [-0.25, -0.2) is 4.79 Å². The van der Waals surface area contributed by atoms with Crippen molar-refractivity contribution in [3.05, 3.63) is 65.6 Å². The topological polar surface area (TPSA) is 129 Å². The van der Waals surface area contributed by atoms with E-state index in [1.165, 1.54) is 6.20 Å². The Kier molecular flexibility index (Phi) is 6.31. The number of nitrogens with one attached hydrogen (secondary N) is 3. The van der Waals surface area contributed by atoms with Crippen molar-refractivity contribution >= 4 is 17.8 Å². The van der Waals surface area contributed by atoms with Gasteiger partial charge in [-0.15, -0.1) is 0 Å². The van der Waals surface area contributed by atoms with Crippen molar-refractivity contribution in [3.8, 4) is 28.8 Å². The molecule has 1 aliphatic rings. The minimum Gasteiger partial charge on any atom is -0.497 e. The summed E-state index contributed by atoms with van der Waals surface area (Å²) in [4.78, 5) is 42.1. The van der Waals surface area contributed by atoms with E-state index in [0.717, 1.165) is 16.8 Å². The largest absolute Gasteiger partial charge is 0.497 e. The maximum atomic E-state index is 12.5. The molecular formula is C23H20N6O4. The number of carbonyl (C=O) groups is 3. The number of methoxy groups -OCH3 is 1. The minimum absolute atomic E-state index is 0.126. The average molecular weight is 444 g/mol. The smallest absolute Gasteiger partial charge is 0.322 e. The molecular weight excluding hydrogens is 424 g/mol. The number of amides is 4. The Morgan fingerprint density at radius 3 is 2.91 bits per heavy atom. The molecule has 166 valence electrons. The van der Waals surface area contributed by atoms with E-state index in [4.69, 9.17) is 4.74 Å². The molecule has 4 rings (SSSR count). The monoisotopic (exact) mass is 444 g/mol. The first-order chi connectivity index (χ1) is 16.0. The molecule has 0 radical (unpaired) electrons. The van der Waals surface area contributed by atoms with Crippen molar-refractivity contribution in [3.63, 3.8) is 0 Å². The summed E-state index contributed by atoms with van der Waals surface area (Å²) in [5.41, 5.74) is 3.56. The molecule has 0 aliphatic carbocycles. The Bertz CT molecular complexity index is 1260. The van der Waals surface area contributed by atoms with Gasteiger partial charge in [0.15, 0.2) is 0 Å². The van der Waals surface area contributed by atoms with Gasteiger partial charge in [0.25, 0.3) is 5.91 Å². The van der Waals surface area contributed by atoms with Crippen LogP contribution in [0.25, 0.3) is 11.3 Å². The highest BCUT2D eigenvalue weighted by Crippen LogP contribution is 2.26. The molecule has 1 aromatic carbocycles. The van der Waals surface area contributed by atoms with Gasteiger partial charge in [-0.2, -0.15) is 5.10 Å². The molecule has 0 atom stereocenters. The third-order valence-corrected chi connectivity index (χ3v) is 4.96. The maximum absolute atomic E-state index is 12.5. The summed E-state index contributed by atoms with van der Waals surface area (Å²) in [5.74, 6) is 4.77. The SMILES string of the molecule is COc1ccc2c(c1)C(=O)N(CCNC(=O)NC(=O)C#Cc1cncc(-c3ccn[nH]3)c1)C2. The lowest BCUT2D eigenvalue weighted by molar-refractivity contribution is -0.114. The van der Waals surface area contributed by atoms with Crippen LogP contribution in [0.1, 0.15) is 21.5 Å². The van der Waals surface area contributed by atoms with Crippen LogP contribution in [0.5, 0.6) is 5.75 Å². The predicted molar refractivity (Wildman–Crippen MR) is 118 cm³/mol. The Morgan fingerprint density at radius 2 is 2.12 bits per heavy atom. The van der Waals surface area contributed by atoms with Gasteiger partial charge in [0.1, 0.15) is 5.75 Å². The van der Waals surface area contributed by atoms with Crippen LogP contribution in [0.3, 0.4) is 0 Å². The highest BCUT2D eigenvalue weighted by atomic mass is 16.5. The van der Waals surface area contributed by atoms with E-state index < -0.39 is 11.9 Å². The van der Waals surface area contributed by atoms with Crippen LogP contribution in [0, 0.1) is 11.8 Å². The van der Waals surface area contributed by atoms with Crippen molar-refractivity contribution in [2.45, 2.75) is 6.54 Å². The van der Waals surface area contributed by atoms with Gasteiger partial charge in [-0.3, -0.25) is 25.0 Å². The van der Waals surface area contributed by atoms with Gasteiger partial charge in [-0.1, -0.05) is 12.0 Å². The molecule has 3 N–H and O–H groups in total. The third kappa shape index (κ3) is 5.16. The molecule has 1 aliphatic heterocycles. The van der Waals surface area contributed by atoms with Crippen molar-refractivity contribution in [1.82, 2.24) is 30.7 Å². The number of ether oxygens (including phenoxy) is 1. The van der Waals surface area contributed by atoms with E-state index in [1.54, 1.807) is 48.7 Å². The summed E-state index contributed by atoms with van der Waals surface area (Å²) >= 11 is 0. The fourth-order valence-corrected chi connectivity index (χ4v) is 3.33.